The highest BCUT2D eigenvalue weighted by atomic mass is 32.2. The summed E-state index contributed by atoms with van der Waals surface area (Å²) in [5.41, 5.74) is 0. The minimum absolute atomic E-state index is 0.0530. The van der Waals surface area contributed by atoms with Gasteiger partial charge in [-0.2, -0.15) is 9.03 Å². The number of carbonyl (C=O) groups excluding carboxylic acids is 2. The minimum atomic E-state index is -3.97. The number of carbonyl (C=O) groups is 2. The van der Waals surface area contributed by atoms with Crippen LogP contribution in [0.3, 0.4) is 0 Å². The van der Waals surface area contributed by atoms with Crippen LogP contribution in [0.1, 0.15) is 6.92 Å². The third-order valence-corrected chi connectivity index (χ3v) is 7.31. The van der Waals surface area contributed by atoms with Gasteiger partial charge in [-0.1, -0.05) is 0 Å². The number of hydrogen-bond donors (Lipinski definition) is 1. The van der Waals surface area contributed by atoms with Gasteiger partial charge in [0, 0.05) is 26.2 Å². The molecule has 1 aromatic carbocycles. The molecule has 0 bridgehead atoms. The summed E-state index contributed by atoms with van der Waals surface area (Å²) in [5, 5.41) is 0. The van der Waals surface area contributed by atoms with Gasteiger partial charge in [0.1, 0.15) is 11.8 Å². The molecule has 1 heterocycles. The van der Waals surface area contributed by atoms with Crippen LogP contribution < -0.4 is 9.46 Å². The molecule has 30 heavy (non-hydrogen) atoms. The van der Waals surface area contributed by atoms with E-state index in [0.29, 0.717) is 5.75 Å². The Hall–Kier alpha value is -2.22. The molecule has 1 aliphatic rings. The van der Waals surface area contributed by atoms with Crippen LogP contribution in [0.5, 0.6) is 5.75 Å². The van der Waals surface area contributed by atoms with E-state index in [4.69, 9.17) is 9.47 Å². The molecule has 1 amide bonds. The van der Waals surface area contributed by atoms with Gasteiger partial charge in [0.2, 0.25) is 20.0 Å². The molecule has 13 heteroatoms. The molecule has 1 fully saturated rings. The number of amides is 1. The van der Waals surface area contributed by atoms with E-state index in [0.717, 1.165) is 6.26 Å². The second-order valence-corrected chi connectivity index (χ2v) is 10.4. The highest BCUT2D eigenvalue weighted by molar-refractivity contribution is 7.89. The first-order valence-corrected chi connectivity index (χ1v) is 12.3. The Morgan fingerprint density at radius 1 is 1.07 bits per heavy atom. The third kappa shape index (κ3) is 6.39. The van der Waals surface area contributed by atoms with Crippen LogP contribution in [0.15, 0.2) is 29.2 Å². The average molecular weight is 464 g/mol. The van der Waals surface area contributed by atoms with E-state index in [9.17, 15) is 26.4 Å². The molecule has 168 valence electrons. The fraction of sp³-hybridized carbons (Fsp3) is 0.529. The van der Waals surface area contributed by atoms with Gasteiger partial charge in [-0.05, 0) is 31.2 Å². The van der Waals surface area contributed by atoms with Crippen molar-refractivity contribution in [2.24, 2.45) is 0 Å². The summed E-state index contributed by atoms with van der Waals surface area (Å²) < 4.78 is 61.0. The highest BCUT2D eigenvalue weighted by Crippen LogP contribution is 2.15. The minimum Gasteiger partial charge on any atom is -0.497 e. The summed E-state index contributed by atoms with van der Waals surface area (Å²) in [7, 11) is -5.84. The summed E-state index contributed by atoms with van der Waals surface area (Å²) in [6, 6.07) is 4.39. The van der Waals surface area contributed by atoms with Gasteiger partial charge < -0.3 is 14.4 Å². The van der Waals surface area contributed by atoms with Gasteiger partial charge >= 0.3 is 5.97 Å². The van der Waals surface area contributed by atoms with Crippen molar-refractivity contribution < 1.29 is 35.9 Å². The molecule has 0 aromatic heterocycles. The maximum atomic E-state index is 12.4. The predicted molar refractivity (Wildman–Crippen MR) is 107 cm³/mol. The number of ether oxygens (including phenoxy) is 2. The van der Waals surface area contributed by atoms with Crippen LogP contribution in [0.25, 0.3) is 0 Å². The molecule has 1 aromatic rings. The molecule has 0 aliphatic carbocycles. The van der Waals surface area contributed by atoms with Crippen molar-refractivity contribution in [3.05, 3.63) is 24.3 Å². The predicted octanol–water partition coefficient (Wildman–Crippen LogP) is -0.991. The van der Waals surface area contributed by atoms with Gasteiger partial charge in [-0.15, -0.1) is 0 Å². The van der Waals surface area contributed by atoms with E-state index >= 15 is 0 Å². The molecule has 0 unspecified atom stereocenters. The molecular weight excluding hydrogens is 438 g/mol. The molecule has 1 N–H and O–H groups in total. The zero-order valence-corrected chi connectivity index (χ0v) is 18.5. The molecule has 2 rings (SSSR count). The lowest BCUT2D eigenvalue weighted by atomic mass is 10.3. The maximum absolute atomic E-state index is 12.4. The van der Waals surface area contributed by atoms with E-state index in [1.165, 1.54) is 47.5 Å². The van der Waals surface area contributed by atoms with Gasteiger partial charge in [-0.3, -0.25) is 9.59 Å². The van der Waals surface area contributed by atoms with Crippen molar-refractivity contribution >= 4 is 31.9 Å². The number of nitrogens with zero attached hydrogens (tertiary/aromatic N) is 2. The Bertz CT molecular complexity index is 969. The number of rotatable bonds is 8. The number of methoxy groups -OCH3 is 1. The van der Waals surface area contributed by atoms with E-state index in [-0.39, 0.29) is 31.1 Å². The quantitative estimate of drug-likeness (QED) is 0.485. The Balaban J connectivity index is 1.84. The molecule has 0 radical (unpaired) electrons. The molecule has 11 nitrogen and oxygen atoms in total. The molecule has 1 aliphatic heterocycles. The Kier molecular flexibility index (Phi) is 7.80. The SMILES string of the molecule is COc1ccc(S(=O)(=O)N[C@@H](C)C(=O)OCC(=O)N2CCN(S(C)(=O)=O)CC2)cc1. The fourth-order valence-corrected chi connectivity index (χ4v) is 4.74. The number of esters is 1. The van der Waals surface area contributed by atoms with Crippen LogP contribution >= 0.6 is 0 Å². The van der Waals surface area contributed by atoms with Gasteiger partial charge in [0.15, 0.2) is 6.61 Å². The smallest absolute Gasteiger partial charge is 0.324 e. The molecule has 0 spiro atoms. The van der Waals surface area contributed by atoms with Crippen molar-refractivity contribution in [2.45, 2.75) is 17.9 Å². The van der Waals surface area contributed by atoms with Crippen molar-refractivity contribution in [2.75, 3.05) is 46.2 Å². The van der Waals surface area contributed by atoms with Gasteiger partial charge in [0.25, 0.3) is 5.91 Å². The van der Waals surface area contributed by atoms with Crippen molar-refractivity contribution in [1.29, 1.82) is 0 Å². The first kappa shape index (κ1) is 24.1. The number of benzene rings is 1. The lowest BCUT2D eigenvalue weighted by Crippen LogP contribution is -2.51. The number of nitrogens with one attached hydrogen (secondary N) is 1. The normalized spacial score (nSPS) is 16.7. The third-order valence-electron chi connectivity index (χ3n) is 4.45. The largest absolute Gasteiger partial charge is 0.497 e. The zero-order chi connectivity index (χ0) is 22.5. The van der Waals surface area contributed by atoms with Gasteiger partial charge in [-0.25, -0.2) is 16.8 Å². The van der Waals surface area contributed by atoms with Crippen LogP contribution in [0, 0.1) is 0 Å². The lowest BCUT2D eigenvalue weighted by molar-refractivity contribution is -0.153. The van der Waals surface area contributed by atoms with E-state index in [2.05, 4.69) is 4.72 Å². The monoisotopic (exact) mass is 463 g/mol. The Morgan fingerprint density at radius 3 is 2.13 bits per heavy atom. The summed E-state index contributed by atoms with van der Waals surface area (Å²) in [6.07, 6.45) is 1.10. The van der Waals surface area contributed by atoms with E-state index in [1.54, 1.807) is 0 Å². The van der Waals surface area contributed by atoms with Crippen molar-refractivity contribution in [1.82, 2.24) is 13.9 Å². The van der Waals surface area contributed by atoms with Crippen molar-refractivity contribution in [3.63, 3.8) is 0 Å². The van der Waals surface area contributed by atoms with Crippen LogP contribution in [0.4, 0.5) is 0 Å². The summed E-state index contributed by atoms with van der Waals surface area (Å²) >= 11 is 0. The van der Waals surface area contributed by atoms with Crippen molar-refractivity contribution in [3.8, 4) is 5.75 Å². The molecule has 0 saturated carbocycles. The fourth-order valence-electron chi connectivity index (χ4n) is 2.72. The lowest BCUT2D eigenvalue weighted by Gasteiger charge is -2.33. The average Bonchev–Trinajstić information content (AvgIpc) is 2.70. The van der Waals surface area contributed by atoms with E-state index < -0.39 is 44.6 Å². The first-order valence-electron chi connectivity index (χ1n) is 9.00. The molecule has 1 atom stereocenters. The van der Waals surface area contributed by atoms with Crippen LogP contribution in [0.2, 0.25) is 0 Å². The summed E-state index contributed by atoms with van der Waals surface area (Å²) in [4.78, 5) is 25.6. The molecule has 1 saturated heterocycles. The molecular formula is C17H25N3O8S2. The standard InChI is InChI=1S/C17H25N3O8S2/c1-13(18-30(25,26)15-6-4-14(27-2)5-7-15)17(22)28-12-16(21)19-8-10-20(11-9-19)29(3,23)24/h4-7,13,18H,8-12H2,1-3H3/t13-/m0/s1. The second-order valence-electron chi connectivity index (χ2n) is 6.67. The number of piperazine rings is 1. The summed E-state index contributed by atoms with van der Waals surface area (Å²) in [5.74, 6) is -0.908. The van der Waals surface area contributed by atoms with E-state index in [1.807, 2.05) is 0 Å². The highest BCUT2D eigenvalue weighted by Gasteiger charge is 2.28. The number of hydrogen-bond acceptors (Lipinski definition) is 8. The first-order chi connectivity index (χ1) is 13.9. The van der Waals surface area contributed by atoms with Crippen LogP contribution in [-0.2, 0) is 34.4 Å². The van der Waals surface area contributed by atoms with Crippen LogP contribution in [-0.4, -0.2) is 90.1 Å². The Morgan fingerprint density at radius 2 is 1.63 bits per heavy atom. The van der Waals surface area contributed by atoms with Gasteiger partial charge in [0.05, 0.1) is 18.3 Å². The maximum Gasteiger partial charge on any atom is 0.324 e. The number of sulfonamides is 2. The second kappa shape index (κ2) is 9.73. The zero-order valence-electron chi connectivity index (χ0n) is 16.9. The topological polar surface area (TPSA) is 139 Å². The summed E-state index contributed by atoms with van der Waals surface area (Å²) in [6.45, 7) is 1.43. The Labute approximate surface area is 176 Å².